The van der Waals surface area contributed by atoms with Gasteiger partial charge in [0.05, 0.1) is 13.2 Å². The molecule has 1 heterocycles. The van der Waals surface area contributed by atoms with E-state index in [0.29, 0.717) is 11.8 Å². The summed E-state index contributed by atoms with van der Waals surface area (Å²) >= 11 is 0. The lowest BCUT2D eigenvalue weighted by atomic mass is 9.82. The first kappa shape index (κ1) is 10.4. The SMILES string of the molecule is CC1=CCOCC1C(C)c1ccccc1. The number of hydrogen-bond donors (Lipinski definition) is 0. The van der Waals surface area contributed by atoms with Crippen LogP contribution in [0.5, 0.6) is 0 Å². The Balaban J connectivity index is 2.17. The molecule has 2 atom stereocenters. The fourth-order valence-electron chi connectivity index (χ4n) is 2.20. The van der Waals surface area contributed by atoms with E-state index in [1.807, 2.05) is 0 Å². The minimum absolute atomic E-state index is 0.543. The second kappa shape index (κ2) is 4.63. The lowest BCUT2D eigenvalue weighted by Crippen LogP contribution is -2.22. The quantitative estimate of drug-likeness (QED) is 0.668. The van der Waals surface area contributed by atoms with Crippen molar-refractivity contribution < 1.29 is 4.74 Å². The Kier molecular flexibility index (Phi) is 3.22. The molecule has 0 spiro atoms. The third-order valence-corrected chi connectivity index (χ3v) is 3.33. The average Bonchev–Trinajstić information content (AvgIpc) is 2.30. The van der Waals surface area contributed by atoms with Gasteiger partial charge in [-0.1, -0.05) is 48.9 Å². The molecule has 0 saturated heterocycles. The minimum atomic E-state index is 0.543. The van der Waals surface area contributed by atoms with Crippen LogP contribution in [0.15, 0.2) is 42.0 Å². The van der Waals surface area contributed by atoms with Crippen LogP contribution in [0.2, 0.25) is 0 Å². The fraction of sp³-hybridized carbons (Fsp3) is 0.429. The molecule has 0 fully saturated rings. The highest BCUT2D eigenvalue weighted by Crippen LogP contribution is 2.31. The van der Waals surface area contributed by atoms with Gasteiger partial charge in [-0.3, -0.25) is 0 Å². The Labute approximate surface area is 91.8 Å². The molecule has 0 saturated carbocycles. The summed E-state index contributed by atoms with van der Waals surface area (Å²) in [5.41, 5.74) is 2.87. The molecule has 0 bridgehead atoms. The van der Waals surface area contributed by atoms with E-state index >= 15 is 0 Å². The molecule has 0 N–H and O–H groups in total. The Morgan fingerprint density at radius 3 is 2.67 bits per heavy atom. The summed E-state index contributed by atoms with van der Waals surface area (Å²) in [7, 11) is 0. The zero-order valence-electron chi connectivity index (χ0n) is 9.44. The zero-order chi connectivity index (χ0) is 10.7. The Bertz CT molecular complexity index is 340. The highest BCUT2D eigenvalue weighted by molar-refractivity contribution is 5.23. The third kappa shape index (κ3) is 2.29. The maximum Gasteiger partial charge on any atom is 0.0650 e. The molecule has 1 aromatic carbocycles. The van der Waals surface area contributed by atoms with Crippen LogP contribution in [0.4, 0.5) is 0 Å². The van der Waals surface area contributed by atoms with Crippen molar-refractivity contribution in [2.24, 2.45) is 5.92 Å². The molecule has 1 heteroatoms. The van der Waals surface area contributed by atoms with Crippen LogP contribution in [0.25, 0.3) is 0 Å². The van der Waals surface area contributed by atoms with Crippen LogP contribution in [0.3, 0.4) is 0 Å². The number of benzene rings is 1. The van der Waals surface area contributed by atoms with Crippen molar-refractivity contribution in [2.75, 3.05) is 13.2 Å². The van der Waals surface area contributed by atoms with Crippen molar-refractivity contribution in [2.45, 2.75) is 19.8 Å². The maximum absolute atomic E-state index is 5.52. The topological polar surface area (TPSA) is 9.23 Å². The Morgan fingerprint density at radius 2 is 2.00 bits per heavy atom. The average molecular weight is 202 g/mol. The largest absolute Gasteiger partial charge is 0.377 e. The summed E-state index contributed by atoms with van der Waals surface area (Å²) < 4.78 is 5.52. The molecule has 0 aliphatic carbocycles. The standard InChI is InChI=1S/C14H18O/c1-11-8-9-15-10-14(11)12(2)13-6-4-3-5-7-13/h3-8,12,14H,9-10H2,1-2H3. The molecule has 2 unspecified atom stereocenters. The van der Waals surface area contributed by atoms with Crippen molar-refractivity contribution in [3.63, 3.8) is 0 Å². The van der Waals surface area contributed by atoms with Crippen molar-refractivity contribution in [3.8, 4) is 0 Å². The number of hydrogen-bond acceptors (Lipinski definition) is 1. The predicted octanol–water partition coefficient (Wildman–Crippen LogP) is 3.38. The number of rotatable bonds is 2. The molecule has 1 aliphatic rings. The number of ether oxygens (including phenoxy) is 1. The molecule has 0 radical (unpaired) electrons. The summed E-state index contributed by atoms with van der Waals surface area (Å²) in [6, 6.07) is 10.7. The first-order valence-corrected chi connectivity index (χ1v) is 5.58. The summed E-state index contributed by atoms with van der Waals surface area (Å²) in [6.45, 7) is 6.14. The second-order valence-electron chi connectivity index (χ2n) is 4.29. The van der Waals surface area contributed by atoms with Gasteiger partial charge in [0, 0.05) is 5.92 Å². The van der Waals surface area contributed by atoms with Gasteiger partial charge in [0.1, 0.15) is 0 Å². The van der Waals surface area contributed by atoms with Gasteiger partial charge in [-0.2, -0.15) is 0 Å². The van der Waals surface area contributed by atoms with E-state index in [9.17, 15) is 0 Å². The lowest BCUT2D eigenvalue weighted by molar-refractivity contribution is 0.112. The van der Waals surface area contributed by atoms with Gasteiger partial charge >= 0.3 is 0 Å². The van der Waals surface area contributed by atoms with Crippen LogP contribution < -0.4 is 0 Å². The van der Waals surface area contributed by atoms with E-state index in [1.165, 1.54) is 11.1 Å². The predicted molar refractivity (Wildman–Crippen MR) is 62.9 cm³/mol. The van der Waals surface area contributed by atoms with Gasteiger partial charge in [0.15, 0.2) is 0 Å². The molecule has 80 valence electrons. The van der Waals surface area contributed by atoms with Crippen LogP contribution in [-0.2, 0) is 4.74 Å². The summed E-state index contributed by atoms with van der Waals surface area (Å²) in [5, 5.41) is 0. The van der Waals surface area contributed by atoms with Gasteiger partial charge in [-0.05, 0) is 18.4 Å². The van der Waals surface area contributed by atoms with Crippen LogP contribution in [-0.4, -0.2) is 13.2 Å². The molecule has 1 nitrogen and oxygen atoms in total. The Morgan fingerprint density at radius 1 is 1.27 bits per heavy atom. The highest BCUT2D eigenvalue weighted by Gasteiger charge is 2.22. The molecule has 1 aliphatic heterocycles. The van der Waals surface area contributed by atoms with Crippen molar-refractivity contribution in [3.05, 3.63) is 47.5 Å². The van der Waals surface area contributed by atoms with Crippen LogP contribution in [0, 0.1) is 5.92 Å². The Hall–Kier alpha value is -1.08. The van der Waals surface area contributed by atoms with Crippen molar-refractivity contribution >= 4 is 0 Å². The summed E-state index contributed by atoms with van der Waals surface area (Å²) in [4.78, 5) is 0. The van der Waals surface area contributed by atoms with E-state index < -0.39 is 0 Å². The first-order chi connectivity index (χ1) is 7.29. The van der Waals surface area contributed by atoms with Gasteiger partial charge in [-0.25, -0.2) is 0 Å². The molecular formula is C14H18O. The molecule has 15 heavy (non-hydrogen) atoms. The van der Waals surface area contributed by atoms with Crippen LogP contribution >= 0.6 is 0 Å². The first-order valence-electron chi connectivity index (χ1n) is 5.58. The molecular weight excluding hydrogens is 184 g/mol. The second-order valence-corrected chi connectivity index (χ2v) is 4.29. The van der Waals surface area contributed by atoms with Crippen LogP contribution in [0.1, 0.15) is 25.3 Å². The highest BCUT2D eigenvalue weighted by atomic mass is 16.5. The van der Waals surface area contributed by atoms with Gasteiger partial charge in [-0.15, -0.1) is 0 Å². The zero-order valence-corrected chi connectivity index (χ0v) is 9.44. The minimum Gasteiger partial charge on any atom is -0.377 e. The van der Waals surface area contributed by atoms with Gasteiger partial charge in [0.2, 0.25) is 0 Å². The van der Waals surface area contributed by atoms with Crippen molar-refractivity contribution in [1.82, 2.24) is 0 Å². The van der Waals surface area contributed by atoms with E-state index in [2.05, 4.69) is 50.3 Å². The van der Waals surface area contributed by atoms with E-state index in [-0.39, 0.29) is 0 Å². The molecule has 1 aromatic rings. The smallest absolute Gasteiger partial charge is 0.0650 e. The lowest BCUT2D eigenvalue weighted by Gasteiger charge is -2.28. The molecule has 2 rings (SSSR count). The summed E-state index contributed by atoms with van der Waals surface area (Å²) in [5.74, 6) is 1.09. The molecule has 0 aromatic heterocycles. The summed E-state index contributed by atoms with van der Waals surface area (Å²) in [6.07, 6.45) is 2.20. The maximum atomic E-state index is 5.52. The monoisotopic (exact) mass is 202 g/mol. The fourth-order valence-corrected chi connectivity index (χ4v) is 2.20. The van der Waals surface area contributed by atoms with E-state index in [0.717, 1.165) is 13.2 Å². The normalized spacial score (nSPS) is 23.3. The van der Waals surface area contributed by atoms with Gasteiger partial charge < -0.3 is 4.74 Å². The van der Waals surface area contributed by atoms with E-state index in [1.54, 1.807) is 0 Å². The van der Waals surface area contributed by atoms with Crippen molar-refractivity contribution in [1.29, 1.82) is 0 Å². The third-order valence-electron chi connectivity index (χ3n) is 3.33. The van der Waals surface area contributed by atoms with E-state index in [4.69, 9.17) is 4.74 Å². The molecule has 0 amide bonds. The van der Waals surface area contributed by atoms with Gasteiger partial charge in [0.25, 0.3) is 0 Å².